The van der Waals surface area contributed by atoms with Gasteiger partial charge in [0.15, 0.2) is 0 Å². The topological polar surface area (TPSA) is 55.1 Å². The molecule has 1 saturated heterocycles. The molecule has 13 heavy (non-hydrogen) atoms. The second-order valence-electron chi connectivity index (χ2n) is 3.94. The molecule has 0 aromatic rings. The van der Waals surface area contributed by atoms with Crippen LogP contribution in [0.15, 0.2) is 0 Å². The molecule has 1 aliphatic heterocycles. The van der Waals surface area contributed by atoms with E-state index in [9.17, 15) is 4.79 Å². The Morgan fingerprint density at radius 2 is 2.23 bits per heavy atom. The van der Waals surface area contributed by atoms with Crippen LogP contribution in [0, 0.1) is 0 Å². The van der Waals surface area contributed by atoms with E-state index in [1.54, 1.807) is 11.8 Å². The Labute approximate surface area is 82.8 Å². The first-order valence-corrected chi connectivity index (χ1v) is 5.98. The first kappa shape index (κ1) is 9.34. The third-order valence-corrected chi connectivity index (χ3v) is 4.12. The van der Waals surface area contributed by atoms with Crippen LogP contribution in [0.1, 0.15) is 25.7 Å². The molecular formula is C9H16N2OS. The Kier molecular flexibility index (Phi) is 2.79. The van der Waals surface area contributed by atoms with Gasteiger partial charge in [0, 0.05) is 12.1 Å². The third-order valence-electron chi connectivity index (χ3n) is 2.74. The molecule has 2 aliphatic rings. The van der Waals surface area contributed by atoms with Crippen molar-refractivity contribution in [2.24, 2.45) is 5.73 Å². The predicted octanol–water partition coefficient (Wildman–Crippen LogP) is 0.488. The van der Waals surface area contributed by atoms with E-state index in [2.05, 4.69) is 5.32 Å². The van der Waals surface area contributed by atoms with E-state index in [-0.39, 0.29) is 11.2 Å². The van der Waals surface area contributed by atoms with Gasteiger partial charge in [0.25, 0.3) is 0 Å². The third kappa shape index (κ3) is 2.17. The van der Waals surface area contributed by atoms with Crippen LogP contribution < -0.4 is 11.1 Å². The van der Waals surface area contributed by atoms with E-state index in [0.29, 0.717) is 12.1 Å². The van der Waals surface area contributed by atoms with Crippen molar-refractivity contribution < 1.29 is 4.79 Å². The van der Waals surface area contributed by atoms with Gasteiger partial charge in [-0.25, -0.2) is 0 Å². The number of hydrogen-bond acceptors (Lipinski definition) is 3. The molecule has 0 aromatic carbocycles. The van der Waals surface area contributed by atoms with Gasteiger partial charge >= 0.3 is 0 Å². The normalized spacial score (nSPS) is 38.4. The SMILES string of the molecule is NC1CC(NC(=O)C2CCCS2)C1. The number of thioether (sulfide) groups is 1. The lowest BCUT2D eigenvalue weighted by Crippen LogP contribution is -2.51. The molecule has 1 unspecified atom stereocenters. The van der Waals surface area contributed by atoms with Crippen LogP contribution >= 0.6 is 11.8 Å². The van der Waals surface area contributed by atoms with Crippen molar-refractivity contribution in [3.63, 3.8) is 0 Å². The number of carbonyl (C=O) groups excluding carboxylic acids is 1. The molecule has 4 heteroatoms. The summed E-state index contributed by atoms with van der Waals surface area (Å²) in [5, 5.41) is 3.27. The summed E-state index contributed by atoms with van der Waals surface area (Å²) >= 11 is 1.78. The molecule has 3 nitrogen and oxygen atoms in total. The molecule has 1 atom stereocenters. The van der Waals surface area contributed by atoms with E-state index < -0.39 is 0 Å². The van der Waals surface area contributed by atoms with Crippen LogP contribution in [0.3, 0.4) is 0 Å². The largest absolute Gasteiger partial charge is 0.352 e. The lowest BCUT2D eigenvalue weighted by molar-refractivity contribution is -0.121. The quantitative estimate of drug-likeness (QED) is 0.682. The van der Waals surface area contributed by atoms with Crippen molar-refractivity contribution in [1.29, 1.82) is 0 Å². The average Bonchev–Trinajstić information content (AvgIpc) is 2.53. The van der Waals surface area contributed by atoms with Gasteiger partial charge in [-0.2, -0.15) is 0 Å². The highest BCUT2D eigenvalue weighted by Gasteiger charge is 2.30. The Morgan fingerprint density at radius 1 is 1.46 bits per heavy atom. The summed E-state index contributed by atoms with van der Waals surface area (Å²) in [5.74, 6) is 1.38. The minimum Gasteiger partial charge on any atom is -0.352 e. The average molecular weight is 200 g/mol. The van der Waals surface area contributed by atoms with Crippen LogP contribution in [0.5, 0.6) is 0 Å². The molecule has 1 saturated carbocycles. The molecule has 1 heterocycles. The molecule has 0 aromatic heterocycles. The summed E-state index contributed by atoms with van der Waals surface area (Å²) < 4.78 is 0. The molecule has 0 bridgehead atoms. The molecule has 2 fully saturated rings. The molecule has 2 rings (SSSR count). The second-order valence-corrected chi connectivity index (χ2v) is 5.25. The summed E-state index contributed by atoms with van der Waals surface area (Å²) in [5.41, 5.74) is 5.64. The number of hydrogen-bond donors (Lipinski definition) is 2. The van der Waals surface area contributed by atoms with Crippen LogP contribution in [-0.2, 0) is 4.79 Å². The Hall–Kier alpha value is -0.220. The Morgan fingerprint density at radius 3 is 2.77 bits per heavy atom. The minimum atomic E-state index is 0.219. The van der Waals surface area contributed by atoms with Gasteiger partial charge in [0.1, 0.15) is 0 Å². The van der Waals surface area contributed by atoms with Crippen molar-refractivity contribution in [1.82, 2.24) is 5.32 Å². The monoisotopic (exact) mass is 200 g/mol. The van der Waals surface area contributed by atoms with Crippen LogP contribution in [0.25, 0.3) is 0 Å². The Balaban J connectivity index is 1.72. The zero-order valence-electron chi connectivity index (χ0n) is 7.66. The molecular weight excluding hydrogens is 184 g/mol. The smallest absolute Gasteiger partial charge is 0.233 e. The first-order valence-electron chi connectivity index (χ1n) is 4.93. The molecule has 0 spiro atoms. The van der Waals surface area contributed by atoms with Crippen molar-refractivity contribution in [2.75, 3.05) is 5.75 Å². The van der Waals surface area contributed by atoms with Crippen LogP contribution in [-0.4, -0.2) is 29.0 Å². The molecule has 1 aliphatic carbocycles. The van der Waals surface area contributed by atoms with Gasteiger partial charge in [-0.05, 0) is 31.4 Å². The summed E-state index contributed by atoms with van der Waals surface area (Å²) in [6, 6.07) is 0.685. The summed E-state index contributed by atoms with van der Waals surface area (Å²) in [4.78, 5) is 11.6. The van der Waals surface area contributed by atoms with Gasteiger partial charge in [-0.3, -0.25) is 4.79 Å². The molecule has 1 amide bonds. The van der Waals surface area contributed by atoms with E-state index in [0.717, 1.165) is 25.0 Å². The minimum absolute atomic E-state index is 0.219. The zero-order chi connectivity index (χ0) is 9.26. The van der Waals surface area contributed by atoms with Gasteiger partial charge < -0.3 is 11.1 Å². The highest BCUT2D eigenvalue weighted by atomic mass is 32.2. The predicted molar refractivity (Wildman–Crippen MR) is 54.6 cm³/mol. The molecule has 74 valence electrons. The maximum atomic E-state index is 11.6. The van der Waals surface area contributed by atoms with Crippen molar-refractivity contribution >= 4 is 17.7 Å². The summed E-state index contributed by atoms with van der Waals surface area (Å²) in [7, 11) is 0. The number of amides is 1. The number of nitrogens with two attached hydrogens (primary N) is 1. The van der Waals surface area contributed by atoms with E-state index in [1.807, 2.05) is 0 Å². The maximum Gasteiger partial charge on any atom is 0.233 e. The van der Waals surface area contributed by atoms with E-state index in [4.69, 9.17) is 5.73 Å². The highest BCUT2D eigenvalue weighted by molar-refractivity contribution is 8.00. The number of nitrogens with one attached hydrogen (secondary N) is 1. The first-order chi connectivity index (χ1) is 6.25. The van der Waals surface area contributed by atoms with E-state index in [1.165, 1.54) is 6.42 Å². The number of carbonyl (C=O) groups is 1. The lowest BCUT2D eigenvalue weighted by atomic mass is 9.87. The fourth-order valence-electron chi connectivity index (χ4n) is 1.86. The lowest BCUT2D eigenvalue weighted by Gasteiger charge is -2.33. The number of rotatable bonds is 2. The maximum absolute atomic E-state index is 11.6. The standard InChI is InChI=1S/C9H16N2OS/c10-6-4-7(5-6)11-9(12)8-2-1-3-13-8/h6-8H,1-5,10H2,(H,11,12). The van der Waals surface area contributed by atoms with Gasteiger partial charge in [-0.15, -0.1) is 11.8 Å². The van der Waals surface area contributed by atoms with E-state index >= 15 is 0 Å². The summed E-state index contributed by atoms with van der Waals surface area (Å²) in [6.45, 7) is 0. The highest BCUT2D eigenvalue weighted by Crippen LogP contribution is 2.27. The van der Waals surface area contributed by atoms with Crippen molar-refractivity contribution in [3.05, 3.63) is 0 Å². The zero-order valence-corrected chi connectivity index (χ0v) is 8.48. The summed E-state index contributed by atoms with van der Waals surface area (Å²) in [6.07, 6.45) is 4.16. The second kappa shape index (κ2) is 3.88. The van der Waals surface area contributed by atoms with Crippen LogP contribution in [0.2, 0.25) is 0 Å². The van der Waals surface area contributed by atoms with Crippen molar-refractivity contribution in [3.8, 4) is 0 Å². The fraction of sp³-hybridized carbons (Fsp3) is 0.889. The van der Waals surface area contributed by atoms with Gasteiger partial charge in [0.2, 0.25) is 5.91 Å². The Bertz CT molecular complexity index is 198. The van der Waals surface area contributed by atoms with Crippen molar-refractivity contribution in [2.45, 2.75) is 43.0 Å². The molecule has 0 radical (unpaired) electrons. The molecule has 3 N–H and O–H groups in total. The van der Waals surface area contributed by atoms with Gasteiger partial charge in [0.05, 0.1) is 5.25 Å². The van der Waals surface area contributed by atoms with Crippen LogP contribution in [0.4, 0.5) is 0 Å². The fourth-order valence-corrected chi connectivity index (χ4v) is 3.03. The van der Waals surface area contributed by atoms with Gasteiger partial charge in [-0.1, -0.05) is 0 Å².